The van der Waals surface area contributed by atoms with Crippen LogP contribution < -0.4 is 15.0 Å². The number of quaternary nitrogens is 1. The summed E-state index contributed by atoms with van der Waals surface area (Å²) in [5.41, 5.74) is 0.271. The van der Waals surface area contributed by atoms with Crippen molar-refractivity contribution in [3.63, 3.8) is 0 Å². The molecule has 7 heteroatoms. The average molecular weight is 336 g/mol. The molecule has 0 radical (unpaired) electrons. The van der Waals surface area contributed by atoms with Crippen molar-refractivity contribution in [1.82, 2.24) is 0 Å². The molecule has 1 atom stereocenters. The largest absolute Gasteiger partial charge is 0.495 e. The van der Waals surface area contributed by atoms with Crippen molar-refractivity contribution in [3.8, 4) is 5.75 Å². The Bertz CT molecular complexity index is 583. The summed E-state index contributed by atoms with van der Waals surface area (Å²) in [5.74, 6) is 0.285. The number of carbonyl (C=O) groups excluding carboxylic acids is 1. The molecule has 1 amide bonds. The minimum atomic E-state index is -0.484. The number of nitro benzene ring substituents is 1. The number of rotatable bonds is 5. The van der Waals surface area contributed by atoms with E-state index in [4.69, 9.17) is 4.74 Å². The lowest BCUT2D eigenvalue weighted by atomic mass is 10.1. The summed E-state index contributed by atoms with van der Waals surface area (Å²) in [5, 5.41) is 13.7. The number of hydrogen-bond donors (Lipinski definition) is 2. The number of likely N-dealkylation sites (tertiary alicyclic amines) is 1. The Morgan fingerprint density at radius 3 is 2.46 bits per heavy atom. The Hall–Kier alpha value is -2.15. The molecule has 24 heavy (non-hydrogen) atoms. The van der Waals surface area contributed by atoms with E-state index in [0.717, 1.165) is 25.9 Å². The number of methoxy groups -OCH3 is 1. The fraction of sp³-hybridized carbons (Fsp3) is 0.588. The van der Waals surface area contributed by atoms with E-state index in [1.165, 1.54) is 49.5 Å². The van der Waals surface area contributed by atoms with Gasteiger partial charge in [0, 0.05) is 12.1 Å². The van der Waals surface area contributed by atoms with Crippen LogP contribution in [0.3, 0.4) is 0 Å². The third kappa shape index (κ3) is 4.67. The second-order valence-corrected chi connectivity index (χ2v) is 6.28. The monoisotopic (exact) mass is 336 g/mol. The van der Waals surface area contributed by atoms with Crippen molar-refractivity contribution >= 4 is 17.3 Å². The van der Waals surface area contributed by atoms with Gasteiger partial charge in [-0.15, -0.1) is 0 Å². The van der Waals surface area contributed by atoms with Crippen molar-refractivity contribution in [2.24, 2.45) is 0 Å². The molecule has 0 bridgehead atoms. The lowest BCUT2D eigenvalue weighted by Gasteiger charge is -2.27. The summed E-state index contributed by atoms with van der Waals surface area (Å²) in [6.07, 6.45) is 5.98. The lowest BCUT2D eigenvalue weighted by molar-refractivity contribution is -0.914. The van der Waals surface area contributed by atoms with E-state index >= 15 is 0 Å². The van der Waals surface area contributed by atoms with E-state index in [9.17, 15) is 14.9 Å². The van der Waals surface area contributed by atoms with Crippen molar-refractivity contribution in [1.29, 1.82) is 0 Å². The molecular weight excluding hydrogens is 310 g/mol. The maximum absolute atomic E-state index is 12.6. The molecule has 0 spiro atoms. The molecule has 1 aliphatic rings. The molecule has 2 rings (SSSR count). The smallest absolute Gasteiger partial charge is 0.282 e. The van der Waals surface area contributed by atoms with Crippen LogP contribution in [0, 0.1) is 10.1 Å². The number of anilines is 1. The second kappa shape index (κ2) is 8.63. The fourth-order valence-corrected chi connectivity index (χ4v) is 3.13. The van der Waals surface area contributed by atoms with Gasteiger partial charge in [-0.25, -0.2) is 0 Å². The Morgan fingerprint density at radius 2 is 1.88 bits per heavy atom. The standard InChI is InChI=1S/C17H25N3O4/c1-13(19-10-6-4-3-5-7-11-19)17(21)18-15-12-14(20(22)23)8-9-16(15)24-2/h8-9,12-13H,3-7,10-11H2,1-2H3,(H,18,21)/p+1/t13-/m1/s1. The van der Waals surface area contributed by atoms with Gasteiger partial charge in [-0.3, -0.25) is 14.9 Å². The van der Waals surface area contributed by atoms with Crippen LogP contribution in [0.15, 0.2) is 18.2 Å². The third-order valence-electron chi connectivity index (χ3n) is 4.65. The number of nitro groups is 1. The SMILES string of the molecule is COc1ccc([N+](=O)[O-])cc1NC(=O)[C@@H](C)[NH+]1CCCCCCC1. The minimum Gasteiger partial charge on any atom is -0.495 e. The van der Waals surface area contributed by atoms with Crippen molar-refractivity contribution in [2.45, 2.75) is 45.1 Å². The number of amides is 1. The molecule has 1 aromatic carbocycles. The summed E-state index contributed by atoms with van der Waals surface area (Å²) in [6.45, 7) is 3.89. The molecule has 1 fully saturated rings. The number of benzene rings is 1. The zero-order chi connectivity index (χ0) is 17.5. The average Bonchev–Trinajstić information content (AvgIpc) is 2.53. The molecule has 0 unspecified atom stereocenters. The summed E-state index contributed by atoms with van der Waals surface area (Å²) in [4.78, 5) is 24.3. The zero-order valence-corrected chi connectivity index (χ0v) is 14.3. The highest BCUT2D eigenvalue weighted by Gasteiger charge is 2.26. The van der Waals surface area contributed by atoms with Crippen LogP contribution in [0.1, 0.15) is 39.0 Å². The first-order chi connectivity index (χ1) is 11.5. The summed E-state index contributed by atoms with van der Waals surface area (Å²) in [6, 6.07) is 4.00. The normalized spacial score (nSPS) is 17.4. The van der Waals surface area contributed by atoms with Crippen molar-refractivity contribution in [3.05, 3.63) is 28.3 Å². The van der Waals surface area contributed by atoms with Gasteiger partial charge in [0.25, 0.3) is 11.6 Å². The highest BCUT2D eigenvalue weighted by molar-refractivity contribution is 5.95. The predicted molar refractivity (Wildman–Crippen MR) is 91.5 cm³/mol. The van der Waals surface area contributed by atoms with E-state index in [0.29, 0.717) is 11.4 Å². The topological polar surface area (TPSA) is 85.9 Å². The van der Waals surface area contributed by atoms with Gasteiger partial charge in [0.1, 0.15) is 5.75 Å². The molecular formula is C17H26N3O4+. The quantitative estimate of drug-likeness (QED) is 0.634. The van der Waals surface area contributed by atoms with E-state index in [1.54, 1.807) is 0 Å². The van der Waals surface area contributed by atoms with Crippen LogP contribution in [0.2, 0.25) is 0 Å². The number of non-ortho nitro benzene ring substituents is 1. The third-order valence-corrected chi connectivity index (χ3v) is 4.65. The molecule has 0 saturated carbocycles. The van der Waals surface area contributed by atoms with E-state index in [1.807, 2.05) is 6.92 Å². The lowest BCUT2D eigenvalue weighted by Crippen LogP contribution is -3.16. The van der Waals surface area contributed by atoms with Crippen molar-refractivity contribution < 1.29 is 19.4 Å². The molecule has 1 aliphatic heterocycles. The van der Waals surface area contributed by atoms with Crippen LogP contribution >= 0.6 is 0 Å². The summed E-state index contributed by atoms with van der Waals surface area (Å²) < 4.78 is 5.20. The Labute approximate surface area is 142 Å². The van der Waals surface area contributed by atoms with Gasteiger partial charge in [-0.1, -0.05) is 6.42 Å². The molecule has 7 nitrogen and oxygen atoms in total. The van der Waals surface area contributed by atoms with Crippen molar-refractivity contribution in [2.75, 3.05) is 25.5 Å². The van der Waals surface area contributed by atoms with Crippen LogP contribution in [0.5, 0.6) is 5.75 Å². The molecule has 1 aromatic rings. The van der Waals surface area contributed by atoms with Gasteiger partial charge in [0.05, 0.1) is 30.8 Å². The first kappa shape index (κ1) is 18.2. The molecule has 132 valence electrons. The van der Waals surface area contributed by atoms with Gasteiger partial charge in [0.15, 0.2) is 6.04 Å². The molecule has 1 heterocycles. The second-order valence-electron chi connectivity index (χ2n) is 6.28. The summed E-state index contributed by atoms with van der Waals surface area (Å²) >= 11 is 0. The fourth-order valence-electron chi connectivity index (χ4n) is 3.13. The van der Waals surface area contributed by atoms with Gasteiger partial charge >= 0.3 is 0 Å². The number of nitrogens with zero attached hydrogens (tertiary/aromatic N) is 1. The highest BCUT2D eigenvalue weighted by atomic mass is 16.6. The molecule has 1 saturated heterocycles. The number of carbonyl (C=O) groups is 1. The van der Waals surface area contributed by atoms with Gasteiger partial charge < -0.3 is 15.0 Å². The first-order valence-electron chi connectivity index (χ1n) is 8.51. The Kier molecular flexibility index (Phi) is 6.54. The van der Waals surface area contributed by atoms with E-state index in [2.05, 4.69) is 5.32 Å². The number of hydrogen-bond acceptors (Lipinski definition) is 4. The van der Waals surface area contributed by atoms with Crippen LogP contribution in [-0.4, -0.2) is 37.1 Å². The van der Waals surface area contributed by atoms with Gasteiger partial charge in [-0.2, -0.15) is 0 Å². The molecule has 0 aliphatic carbocycles. The van der Waals surface area contributed by atoms with Crippen LogP contribution in [0.25, 0.3) is 0 Å². The first-order valence-corrected chi connectivity index (χ1v) is 8.51. The minimum absolute atomic E-state index is 0.0719. The Morgan fingerprint density at radius 1 is 1.25 bits per heavy atom. The van der Waals surface area contributed by atoms with Gasteiger partial charge in [-0.05, 0) is 38.7 Å². The zero-order valence-electron chi connectivity index (χ0n) is 14.3. The van der Waals surface area contributed by atoms with Gasteiger partial charge in [0.2, 0.25) is 0 Å². The Balaban J connectivity index is 2.09. The van der Waals surface area contributed by atoms with Crippen LogP contribution in [-0.2, 0) is 4.79 Å². The molecule has 2 N–H and O–H groups in total. The predicted octanol–water partition coefficient (Wildman–Crippen LogP) is 1.78. The van der Waals surface area contributed by atoms with Crippen LogP contribution in [0.4, 0.5) is 11.4 Å². The maximum Gasteiger partial charge on any atom is 0.282 e. The maximum atomic E-state index is 12.6. The highest BCUT2D eigenvalue weighted by Crippen LogP contribution is 2.28. The number of nitrogens with one attached hydrogen (secondary N) is 2. The molecule has 0 aromatic heterocycles. The number of ether oxygens (including phenoxy) is 1. The van der Waals surface area contributed by atoms with E-state index < -0.39 is 4.92 Å². The summed E-state index contributed by atoms with van der Waals surface area (Å²) in [7, 11) is 1.48. The van der Waals surface area contributed by atoms with E-state index in [-0.39, 0.29) is 17.6 Å².